The molecular formula is C17H16FN3O2. The van der Waals surface area contributed by atoms with Crippen LogP contribution >= 0.6 is 0 Å². The van der Waals surface area contributed by atoms with Gasteiger partial charge < -0.3 is 5.32 Å². The number of halogens is 1. The van der Waals surface area contributed by atoms with E-state index in [0.29, 0.717) is 0 Å². The number of nitrogens with zero attached hydrogens (tertiary/aromatic N) is 1. The van der Waals surface area contributed by atoms with Gasteiger partial charge in [-0.25, -0.2) is 9.82 Å². The minimum Gasteiger partial charge on any atom is -0.343 e. The van der Waals surface area contributed by atoms with Crippen molar-refractivity contribution in [1.82, 2.24) is 10.7 Å². The molecule has 23 heavy (non-hydrogen) atoms. The number of hydrogen-bond donors (Lipinski definition) is 2. The first kappa shape index (κ1) is 16.4. The summed E-state index contributed by atoms with van der Waals surface area (Å²) < 4.78 is 13.4. The number of carbonyl (C=O) groups is 2. The zero-order valence-electron chi connectivity index (χ0n) is 12.5. The Morgan fingerprint density at radius 3 is 2.52 bits per heavy atom. The van der Waals surface area contributed by atoms with E-state index in [1.165, 1.54) is 24.4 Å². The lowest BCUT2D eigenvalue weighted by molar-refractivity contribution is -0.120. The molecular weight excluding hydrogens is 297 g/mol. The third-order valence-electron chi connectivity index (χ3n) is 3.01. The maximum atomic E-state index is 13.4. The Morgan fingerprint density at radius 2 is 1.83 bits per heavy atom. The topological polar surface area (TPSA) is 70.6 Å². The van der Waals surface area contributed by atoms with Crippen molar-refractivity contribution in [2.24, 2.45) is 5.10 Å². The monoisotopic (exact) mass is 313 g/mol. The molecule has 2 amide bonds. The molecule has 0 aliphatic rings. The summed E-state index contributed by atoms with van der Waals surface area (Å²) in [5.74, 6) is -1.79. The van der Waals surface area contributed by atoms with Crippen LogP contribution in [0.25, 0.3) is 0 Å². The molecule has 2 aromatic rings. The Kier molecular flexibility index (Phi) is 5.57. The Hall–Kier alpha value is -3.02. The molecule has 0 aliphatic carbocycles. The highest BCUT2D eigenvalue weighted by molar-refractivity contribution is 5.96. The van der Waals surface area contributed by atoms with Crippen LogP contribution in [0.5, 0.6) is 0 Å². The first-order chi connectivity index (χ1) is 11.1. The quantitative estimate of drug-likeness (QED) is 0.655. The first-order valence-corrected chi connectivity index (χ1v) is 6.97. The molecule has 118 valence electrons. The van der Waals surface area contributed by atoms with Crippen molar-refractivity contribution < 1.29 is 14.0 Å². The van der Waals surface area contributed by atoms with Gasteiger partial charge >= 0.3 is 0 Å². The van der Waals surface area contributed by atoms with Crippen LogP contribution in [0, 0.1) is 12.7 Å². The maximum Gasteiger partial charge on any atom is 0.259 e. The second kappa shape index (κ2) is 7.84. The van der Waals surface area contributed by atoms with Crippen molar-refractivity contribution in [3.8, 4) is 0 Å². The Balaban J connectivity index is 1.80. The predicted octanol–water partition coefficient (Wildman–Crippen LogP) is 2.01. The second-order valence-electron chi connectivity index (χ2n) is 4.87. The highest BCUT2D eigenvalue weighted by Crippen LogP contribution is 2.05. The van der Waals surface area contributed by atoms with Crippen LogP contribution in [0.4, 0.5) is 4.39 Å². The lowest BCUT2D eigenvalue weighted by atomic mass is 10.2. The third-order valence-corrected chi connectivity index (χ3v) is 3.01. The van der Waals surface area contributed by atoms with Crippen LogP contribution in [-0.2, 0) is 4.79 Å². The summed E-state index contributed by atoms with van der Waals surface area (Å²) in [7, 11) is 0. The molecule has 0 bridgehead atoms. The summed E-state index contributed by atoms with van der Waals surface area (Å²) in [6.07, 6.45) is 1.50. The van der Waals surface area contributed by atoms with Gasteiger partial charge in [0.2, 0.25) is 0 Å². The van der Waals surface area contributed by atoms with Crippen LogP contribution in [0.3, 0.4) is 0 Å². The third kappa shape index (κ3) is 5.03. The van der Waals surface area contributed by atoms with Crippen LogP contribution < -0.4 is 10.7 Å². The number of nitrogens with one attached hydrogen (secondary N) is 2. The van der Waals surface area contributed by atoms with Gasteiger partial charge in [-0.15, -0.1) is 0 Å². The van der Waals surface area contributed by atoms with Crippen LogP contribution in [-0.4, -0.2) is 24.6 Å². The van der Waals surface area contributed by atoms with E-state index in [0.717, 1.165) is 11.1 Å². The molecule has 0 atom stereocenters. The average molecular weight is 313 g/mol. The van der Waals surface area contributed by atoms with E-state index in [-0.39, 0.29) is 12.1 Å². The first-order valence-electron chi connectivity index (χ1n) is 6.97. The van der Waals surface area contributed by atoms with Gasteiger partial charge in [0, 0.05) is 0 Å². The van der Waals surface area contributed by atoms with Gasteiger partial charge in [-0.2, -0.15) is 5.10 Å². The molecule has 0 fully saturated rings. The van der Waals surface area contributed by atoms with E-state index >= 15 is 0 Å². The van der Waals surface area contributed by atoms with E-state index in [2.05, 4.69) is 15.8 Å². The van der Waals surface area contributed by atoms with Crippen molar-refractivity contribution in [3.05, 3.63) is 71.0 Å². The van der Waals surface area contributed by atoms with Crippen LogP contribution in [0.2, 0.25) is 0 Å². The number of carbonyl (C=O) groups excluding carboxylic acids is 2. The Morgan fingerprint density at radius 1 is 1.13 bits per heavy atom. The fourth-order valence-electron chi connectivity index (χ4n) is 1.77. The van der Waals surface area contributed by atoms with Crippen LogP contribution in [0.15, 0.2) is 53.6 Å². The highest BCUT2D eigenvalue weighted by Gasteiger charge is 2.11. The fraction of sp³-hybridized carbons (Fsp3) is 0.118. The molecule has 0 spiro atoms. The normalized spacial score (nSPS) is 10.5. The Labute approximate surface area is 133 Å². The number of aryl methyl sites for hydroxylation is 1. The largest absolute Gasteiger partial charge is 0.343 e. The fourth-order valence-corrected chi connectivity index (χ4v) is 1.77. The molecule has 6 heteroatoms. The average Bonchev–Trinajstić information content (AvgIpc) is 2.55. The zero-order valence-corrected chi connectivity index (χ0v) is 12.5. The smallest absolute Gasteiger partial charge is 0.259 e. The number of hydrogen-bond acceptors (Lipinski definition) is 3. The number of benzene rings is 2. The molecule has 0 heterocycles. The molecule has 0 aliphatic heterocycles. The van der Waals surface area contributed by atoms with Gasteiger partial charge in [-0.1, -0.05) is 42.0 Å². The van der Waals surface area contributed by atoms with E-state index in [4.69, 9.17) is 0 Å². The van der Waals surface area contributed by atoms with E-state index < -0.39 is 17.6 Å². The van der Waals surface area contributed by atoms with Gasteiger partial charge in [-0.3, -0.25) is 9.59 Å². The molecule has 5 nitrogen and oxygen atoms in total. The number of rotatable bonds is 5. The predicted molar refractivity (Wildman–Crippen MR) is 85.6 cm³/mol. The molecule has 2 N–H and O–H groups in total. The maximum absolute atomic E-state index is 13.4. The molecule has 0 radical (unpaired) electrons. The molecule has 0 aromatic heterocycles. The molecule has 0 unspecified atom stereocenters. The summed E-state index contributed by atoms with van der Waals surface area (Å²) in [5, 5.41) is 6.12. The zero-order chi connectivity index (χ0) is 16.7. The summed E-state index contributed by atoms with van der Waals surface area (Å²) in [4.78, 5) is 23.3. The molecule has 0 saturated heterocycles. The van der Waals surface area contributed by atoms with Gasteiger partial charge in [0.1, 0.15) is 5.82 Å². The number of hydrazone groups is 1. The van der Waals surface area contributed by atoms with Crippen molar-refractivity contribution in [3.63, 3.8) is 0 Å². The van der Waals surface area contributed by atoms with E-state index in [1.54, 1.807) is 6.07 Å². The second-order valence-corrected chi connectivity index (χ2v) is 4.87. The SMILES string of the molecule is Cc1ccc(/C=N\NC(=O)CNC(=O)c2ccccc2F)cc1. The van der Waals surface area contributed by atoms with Crippen molar-refractivity contribution >= 4 is 18.0 Å². The van der Waals surface area contributed by atoms with E-state index in [9.17, 15) is 14.0 Å². The minimum atomic E-state index is -0.652. The summed E-state index contributed by atoms with van der Waals surface area (Å²) in [5.41, 5.74) is 4.15. The van der Waals surface area contributed by atoms with Crippen molar-refractivity contribution in [1.29, 1.82) is 0 Å². The lowest BCUT2D eigenvalue weighted by Gasteiger charge is -2.05. The number of amides is 2. The standard InChI is InChI=1S/C17H16FN3O2/c1-12-6-8-13(9-7-12)10-20-21-16(22)11-19-17(23)14-4-2-3-5-15(14)18/h2-10H,11H2,1H3,(H,19,23)(H,21,22)/b20-10-. The van der Waals surface area contributed by atoms with Gasteiger partial charge in [-0.05, 0) is 24.6 Å². The molecule has 2 aromatic carbocycles. The molecule has 2 rings (SSSR count). The molecule has 0 saturated carbocycles. The van der Waals surface area contributed by atoms with Crippen molar-refractivity contribution in [2.45, 2.75) is 6.92 Å². The van der Waals surface area contributed by atoms with Gasteiger partial charge in [0.25, 0.3) is 11.8 Å². The summed E-state index contributed by atoms with van der Waals surface area (Å²) >= 11 is 0. The van der Waals surface area contributed by atoms with Crippen molar-refractivity contribution in [2.75, 3.05) is 6.54 Å². The summed E-state index contributed by atoms with van der Waals surface area (Å²) in [6.45, 7) is 1.68. The van der Waals surface area contributed by atoms with E-state index in [1.807, 2.05) is 31.2 Å². The summed E-state index contributed by atoms with van der Waals surface area (Å²) in [6, 6.07) is 13.1. The highest BCUT2D eigenvalue weighted by atomic mass is 19.1. The lowest BCUT2D eigenvalue weighted by Crippen LogP contribution is -2.35. The minimum absolute atomic E-state index is 0.108. The van der Waals surface area contributed by atoms with Crippen LogP contribution in [0.1, 0.15) is 21.5 Å². The van der Waals surface area contributed by atoms with Gasteiger partial charge in [0.15, 0.2) is 0 Å². The Bertz CT molecular complexity index is 727. The van der Waals surface area contributed by atoms with Gasteiger partial charge in [0.05, 0.1) is 18.3 Å².